The zero-order valence-electron chi connectivity index (χ0n) is 17.2. The molecule has 1 aromatic carbocycles. The van der Waals surface area contributed by atoms with Crippen molar-refractivity contribution in [2.75, 3.05) is 25.1 Å². The molecule has 0 radical (unpaired) electrons. The normalized spacial score (nSPS) is 14.7. The second-order valence-electron chi connectivity index (χ2n) is 7.04. The smallest absolute Gasteiger partial charge is 0.357 e. The van der Waals surface area contributed by atoms with Gasteiger partial charge in [-0.1, -0.05) is 25.1 Å². The standard InChI is InChI=1S/C19H30F3N3O2S.HI/c1-5-23-18(25-15(3)10-12-28(4,26)27)24-11-9-14(2)16-7-6-8-17(13-16)19(20,21)22;/h6-8,13-15H,5,9-12H2,1-4H3,(H2,23,24,25);1H. The number of hydrogen-bond acceptors (Lipinski definition) is 3. The van der Waals surface area contributed by atoms with E-state index in [0.29, 0.717) is 37.5 Å². The summed E-state index contributed by atoms with van der Waals surface area (Å²) in [5.41, 5.74) is -0.0143. The molecular formula is C19H31F3IN3O2S. The molecular weight excluding hydrogens is 518 g/mol. The molecule has 0 aliphatic rings. The van der Waals surface area contributed by atoms with Gasteiger partial charge in [-0.15, -0.1) is 24.0 Å². The van der Waals surface area contributed by atoms with Gasteiger partial charge in [-0.25, -0.2) is 8.42 Å². The van der Waals surface area contributed by atoms with Gasteiger partial charge < -0.3 is 10.6 Å². The number of benzene rings is 1. The van der Waals surface area contributed by atoms with Crippen molar-refractivity contribution in [1.29, 1.82) is 0 Å². The molecule has 0 saturated heterocycles. The number of halogens is 4. The Morgan fingerprint density at radius 3 is 2.41 bits per heavy atom. The van der Waals surface area contributed by atoms with Crippen LogP contribution in [0.1, 0.15) is 50.7 Å². The van der Waals surface area contributed by atoms with E-state index in [-0.39, 0.29) is 41.7 Å². The van der Waals surface area contributed by atoms with Gasteiger partial charge in [0, 0.05) is 25.4 Å². The number of rotatable bonds is 9. The molecule has 0 amide bonds. The van der Waals surface area contributed by atoms with Crippen molar-refractivity contribution in [2.24, 2.45) is 4.99 Å². The lowest BCUT2D eigenvalue weighted by molar-refractivity contribution is -0.137. The second-order valence-corrected chi connectivity index (χ2v) is 9.30. The molecule has 2 atom stereocenters. The molecule has 0 aliphatic carbocycles. The number of alkyl halides is 3. The van der Waals surface area contributed by atoms with Gasteiger partial charge in [0.25, 0.3) is 0 Å². The molecule has 0 aromatic heterocycles. The largest absolute Gasteiger partial charge is 0.416 e. The van der Waals surface area contributed by atoms with Gasteiger partial charge in [-0.2, -0.15) is 13.2 Å². The predicted octanol–water partition coefficient (Wildman–Crippen LogP) is 4.20. The number of nitrogens with zero attached hydrogens (tertiary/aromatic N) is 1. The monoisotopic (exact) mass is 549 g/mol. The number of guanidine groups is 1. The first-order chi connectivity index (χ1) is 12.9. The van der Waals surface area contributed by atoms with Crippen LogP contribution < -0.4 is 10.6 Å². The fourth-order valence-corrected chi connectivity index (χ4v) is 3.36. The Labute approximate surface area is 188 Å². The van der Waals surface area contributed by atoms with Gasteiger partial charge in [-0.05, 0) is 44.2 Å². The van der Waals surface area contributed by atoms with Crippen LogP contribution in [0.3, 0.4) is 0 Å². The molecule has 1 aromatic rings. The van der Waals surface area contributed by atoms with E-state index >= 15 is 0 Å². The average Bonchev–Trinajstić information content (AvgIpc) is 2.59. The molecule has 29 heavy (non-hydrogen) atoms. The van der Waals surface area contributed by atoms with Crippen LogP contribution in [0.25, 0.3) is 0 Å². The van der Waals surface area contributed by atoms with Crippen molar-refractivity contribution in [1.82, 2.24) is 10.6 Å². The maximum absolute atomic E-state index is 12.9. The number of hydrogen-bond donors (Lipinski definition) is 2. The van der Waals surface area contributed by atoms with E-state index < -0.39 is 21.6 Å². The lowest BCUT2D eigenvalue weighted by atomic mass is 9.96. The van der Waals surface area contributed by atoms with E-state index in [1.54, 1.807) is 6.07 Å². The molecule has 0 bridgehead atoms. The minimum Gasteiger partial charge on any atom is -0.357 e. The number of aliphatic imine (C=N–C) groups is 1. The first-order valence-electron chi connectivity index (χ1n) is 9.32. The second kappa shape index (κ2) is 12.6. The van der Waals surface area contributed by atoms with Crippen molar-refractivity contribution in [3.05, 3.63) is 35.4 Å². The Morgan fingerprint density at radius 1 is 1.21 bits per heavy atom. The number of nitrogens with one attached hydrogen (secondary N) is 2. The highest BCUT2D eigenvalue weighted by Gasteiger charge is 2.30. The van der Waals surface area contributed by atoms with Crippen LogP contribution in [-0.2, 0) is 16.0 Å². The van der Waals surface area contributed by atoms with Crippen LogP contribution in [0.2, 0.25) is 0 Å². The quantitative estimate of drug-likeness (QED) is 0.276. The third kappa shape index (κ3) is 11.7. The highest BCUT2D eigenvalue weighted by Crippen LogP contribution is 2.31. The summed E-state index contributed by atoms with van der Waals surface area (Å²) >= 11 is 0. The molecule has 0 fully saturated rings. The van der Waals surface area contributed by atoms with Crippen molar-refractivity contribution in [3.8, 4) is 0 Å². The molecule has 0 heterocycles. The van der Waals surface area contributed by atoms with E-state index in [1.807, 2.05) is 20.8 Å². The average molecular weight is 549 g/mol. The van der Waals surface area contributed by atoms with Crippen LogP contribution in [0.5, 0.6) is 0 Å². The van der Waals surface area contributed by atoms with Gasteiger partial charge in [0.2, 0.25) is 0 Å². The van der Waals surface area contributed by atoms with Gasteiger partial charge in [-0.3, -0.25) is 4.99 Å². The molecule has 168 valence electrons. The molecule has 2 unspecified atom stereocenters. The fourth-order valence-electron chi connectivity index (χ4n) is 2.57. The van der Waals surface area contributed by atoms with Crippen LogP contribution in [0.15, 0.2) is 29.3 Å². The van der Waals surface area contributed by atoms with Gasteiger partial charge in [0.15, 0.2) is 5.96 Å². The topological polar surface area (TPSA) is 70.6 Å². The Morgan fingerprint density at radius 2 is 1.86 bits per heavy atom. The fraction of sp³-hybridized carbons (Fsp3) is 0.632. The zero-order chi connectivity index (χ0) is 21.4. The van der Waals surface area contributed by atoms with Gasteiger partial charge in [0.1, 0.15) is 9.84 Å². The first kappa shape index (κ1) is 28.0. The van der Waals surface area contributed by atoms with E-state index in [0.717, 1.165) is 6.07 Å². The van der Waals surface area contributed by atoms with Gasteiger partial charge >= 0.3 is 6.18 Å². The molecule has 2 N–H and O–H groups in total. The van der Waals surface area contributed by atoms with Crippen LogP contribution >= 0.6 is 24.0 Å². The molecule has 5 nitrogen and oxygen atoms in total. The van der Waals surface area contributed by atoms with Gasteiger partial charge in [0.05, 0.1) is 11.3 Å². The lowest BCUT2D eigenvalue weighted by Crippen LogP contribution is -2.43. The van der Waals surface area contributed by atoms with Crippen molar-refractivity contribution >= 4 is 39.8 Å². The van der Waals surface area contributed by atoms with Crippen LogP contribution in [0.4, 0.5) is 13.2 Å². The third-order valence-corrected chi connectivity index (χ3v) is 5.24. The van der Waals surface area contributed by atoms with Crippen LogP contribution in [0, 0.1) is 0 Å². The molecule has 1 rings (SSSR count). The Hall–Kier alpha value is -1.04. The number of sulfone groups is 1. The molecule has 0 saturated carbocycles. The summed E-state index contributed by atoms with van der Waals surface area (Å²) in [7, 11) is -3.02. The zero-order valence-corrected chi connectivity index (χ0v) is 20.4. The van der Waals surface area contributed by atoms with E-state index in [1.165, 1.54) is 18.4 Å². The van der Waals surface area contributed by atoms with E-state index in [9.17, 15) is 21.6 Å². The summed E-state index contributed by atoms with van der Waals surface area (Å²) in [6, 6.07) is 5.30. The summed E-state index contributed by atoms with van der Waals surface area (Å²) in [5.74, 6) is 0.587. The summed E-state index contributed by atoms with van der Waals surface area (Å²) < 4.78 is 61.1. The molecule has 0 aliphatic heterocycles. The van der Waals surface area contributed by atoms with E-state index in [2.05, 4.69) is 15.6 Å². The first-order valence-corrected chi connectivity index (χ1v) is 11.4. The van der Waals surface area contributed by atoms with Crippen molar-refractivity contribution < 1.29 is 21.6 Å². The minimum absolute atomic E-state index is 0. The summed E-state index contributed by atoms with van der Waals surface area (Å²) in [6.45, 7) is 6.76. The Bertz CT molecular complexity index is 755. The summed E-state index contributed by atoms with van der Waals surface area (Å²) in [4.78, 5) is 4.46. The van der Waals surface area contributed by atoms with Crippen molar-refractivity contribution in [3.63, 3.8) is 0 Å². The van der Waals surface area contributed by atoms with Crippen LogP contribution in [-0.4, -0.2) is 45.5 Å². The Kier molecular flexibility index (Phi) is 12.2. The Balaban J connectivity index is 0.00000784. The maximum atomic E-state index is 12.9. The molecule has 0 spiro atoms. The minimum atomic E-state index is -4.35. The SMILES string of the molecule is CCNC(=NCCC(C)c1cccc(C(F)(F)F)c1)NC(C)CCS(C)(=O)=O.I. The van der Waals surface area contributed by atoms with Crippen molar-refractivity contribution in [2.45, 2.75) is 51.7 Å². The molecule has 10 heteroatoms. The maximum Gasteiger partial charge on any atom is 0.416 e. The lowest BCUT2D eigenvalue weighted by Gasteiger charge is -2.18. The highest BCUT2D eigenvalue weighted by atomic mass is 127. The highest BCUT2D eigenvalue weighted by molar-refractivity contribution is 14.0. The summed E-state index contributed by atoms with van der Waals surface area (Å²) in [6.07, 6.45) is -2.09. The predicted molar refractivity (Wildman–Crippen MR) is 123 cm³/mol. The summed E-state index contributed by atoms with van der Waals surface area (Å²) in [5, 5.41) is 6.25. The third-order valence-electron chi connectivity index (χ3n) is 4.26. The van der Waals surface area contributed by atoms with E-state index in [4.69, 9.17) is 0 Å².